The summed E-state index contributed by atoms with van der Waals surface area (Å²) in [5.41, 5.74) is 0. The highest BCUT2D eigenvalue weighted by molar-refractivity contribution is 5.86. The van der Waals surface area contributed by atoms with E-state index in [2.05, 4.69) is 10.6 Å². The van der Waals surface area contributed by atoms with Crippen molar-refractivity contribution < 1.29 is 29.4 Å². The van der Waals surface area contributed by atoms with Crippen LogP contribution in [0.2, 0.25) is 0 Å². The van der Waals surface area contributed by atoms with Crippen molar-refractivity contribution >= 4 is 23.9 Å². The Morgan fingerprint density at radius 2 is 1.65 bits per heavy atom. The number of nitrogens with one attached hydrogen (secondary N) is 3. The molecule has 9 nitrogen and oxygen atoms in total. The van der Waals surface area contributed by atoms with Gasteiger partial charge in [0, 0.05) is 19.0 Å². The fourth-order valence-electron chi connectivity index (χ4n) is 1.27. The van der Waals surface area contributed by atoms with E-state index in [-0.39, 0.29) is 24.9 Å². The van der Waals surface area contributed by atoms with Gasteiger partial charge in [0.25, 0.3) is 0 Å². The highest BCUT2D eigenvalue weighted by Gasteiger charge is 2.22. The van der Waals surface area contributed by atoms with Crippen LogP contribution in [0.25, 0.3) is 0 Å². The quantitative estimate of drug-likeness (QED) is 0.392. The molecule has 0 unspecified atom stereocenters. The van der Waals surface area contributed by atoms with Crippen LogP contribution in [0, 0.1) is 0 Å². The van der Waals surface area contributed by atoms with Gasteiger partial charge in [-0.2, -0.15) is 0 Å². The fraction of sp³-hybridized carbons (Fsp3) is 0.636. The van der Waals surface area contributed by atoms with Crippen molar-refractivity contribution in [2.45, 2.75) is 38.8 Å². The Balaban J connectivity index is 4.05. The molecule has 0 rings (SSSR count). The van der Waals surface area contributed by atoms with Gasteiger partial charge in [0.15, 0.2) is 0 Å². The molecule has 0 bridgehead atoms. The minimum Gasteiger partial charge on any atom is -0.481 e. The zero-order valence-electron chi connectivity index (χ0n) is 11.3. The molecule has 0 saturated carbocycles. The van der Waals surface area contributed by atoms with E-state index in [4.69, 9.17) is 10.2 Å². The minimum atomic E-state index is -1.52. The third-order valence-corrected chi connectivity index (χ3v) is 2.07. The predicted molar refractivity (Wildman–Crippen MR) is 68.1 cm³/mol. The molecule has 0 saturated heterocycles. The number of urea groups is 1. The lowest BCUT2D eigenvalue weighted by Gasteiger charge is -2.13. The van der Waals surface area contributed by atoms with Gasteiger partial charge >= 0.3 is 18.0 Å². The third-order valence-electron chi connectivity index (χ3n) is 2.07. The lowest BCUT2D eigenvalue weighted by atomic mass is 10.2. The van der Waals surface area contributed by atoms with Crippen molar-refractivity contribution in [3.05, 3.63) is 0 Å². The van der Waals surface area contributed by atoms with Crippen LogP contribution in [0.15, 0.2) is 0 Å². The largest absolute Gasteiger partial charge is 0.481 e. The van der Waals surface area contributed by atoms with Crippen LogP contribution in [-0.4, -0.2) is 52.7 Å². The molecule has 0 heterocycles. The molecule has 0 radical (unpaired) electrons. The maximum absolute atomic E-state index is 11.3. The lowest BCUT2D eigenvalue weighted by molar-refractivity contribution is -0.145. The van der Waals surface area contributed by atoms with Crippen LogP contribution in [0.3, 0.4) is 0 Å². The molecule has 5 N–H and O–H groups in total. The molecule has 0 aliphatic rings. The molecular weight excluding hydrogens is 270 g/mol. The zero-order valence-corrected chi connectivity index (χ0v) is 11.3. The summed E-state index contributed by atoms with van der Waals surface area (Å²) < 4.78 is 0. The predicted octanol–water partition coefficient (Wildman–Crippen LogP) is -0.872. The van der Waals surface area contributed by atoms with E-state index in [0.717, 1.165) is 0 Å². The average Bonchev–Trinajstić information content (AvgIpc) is 2.26. The molecule has 0 spiro atoms. The SMILES string of the molecule is CC(C)NC(=O)CCNC(=O)N[C@@H](CC(=O)O)C(=O)O. The Bertz CT molecular complexity index is 382. The summed E-state index contributed by atoms with van der Waals surface area (Å²) in [6.45, 7) is 3.60. The second kappa shape index (κ2) is 8.73. The van der Waals surface area contributed by atoms with Crippen LogP contribution < -0.4 is 16.0 Å². The van der Waals surface area contributed by atoms with Crippen molar-refractivity contribution in [1.29, 1.82) is 0 Å². The zero-order chi connectivity index (χ0) is 15.7. The Labute approximate surface area is 115 Å². The van der Waals surface area contributed by atoms with Crippen LogP contribution >= 0.6 is 0 Å². The maximum Gasteiger partial charge on any atom is 0.326 e. The number of carbonyl (C=O) groups is 4. The Kier molecular flexibility index (Phi) is 7.71. The monoisotopic (exact) mass is 289 g/mol. The van der Waals surface area contributed by atoms with Crippen molar-refractivity contribution in [1.82, 2.24) is 16.0 Å². The molecule has 9 heteroatoms. The van der Waals surface area contributed by atoms with Gasteiger partial charge in [-0.3, -0.25) is 9.59 Å². The van der Waals surface area contributed by atoms with E-state index >= 15 is 0 Å². The second-order valence-electron chi connectivity index (χ2n) is 4.36. The first-order valence-electron chi connectivity index (χ1n) is 6.00. The molecular formula is C11H19N3O6. The van der Waals surface area contributed by atoms with Crippen molar-refractivity contribution in [3.8, 4) is 0 Å². The van der Waals surface area contributed by atoms with Crippen LogP contribution in [-0.2, 0) is 14.4 Å². The smallest absolute Gasteiger partial charge is 0.326 e. The third kappa shape index (κ3) is 8.72. The molecule has 0 aliphatic heterocycles. The van der Waals surface area contributed by atoms with Gasteiger partial charge in [0.2, 0.25) is 5.91 Å². The Hall–Kier alpha value is -2.32. The number of amides is 3. The summed E-state index contributed by atoms with van der Waals surface area (Å²) in [5.74, 6) is -3.03. The number of carboxylic acids is 2. The van der Waals surface area contributed by atoms with Gasteiger partial charge in [0.05, 0.1) is 6.42 Å². The van der Waals surface area contributed by atoms with E-state index in [1.807, 2.05) is 5.32 Å². The number of aliphatic carboxylic acids is 2. The molecule has 0 aliphatic carbocycles. The highest BCUT2D eigenvalue weighted by atomic mass is 16.4. The van der Waals surface area contributed by atoms with Gasteiger partial charge < -0.3 is 26.2 Å². The summed E-state index contributed by atoms with van der Waals surface area (Å²) in [4.78, 5) is 43.7. The first-order chi connectivity index (χ1) is 9.22. The van der Waals surface area contributed by atoms with E-state index in [1.54, 1.807) is 13.8 Å². The summed E-state index contributed by atoms with van der Waals surface area (Å²) in [5, 5.41) is 24.1. The molecule has 0 aromatic heterocycles. The van der Waals surface area contributed by atoms with E-state index in [9.17, 15) is 19.2 Å². The molecule has 0 aromatic rings. The first-order valence-corrected chi connectivity index (χ1v) is 6.00. The topological polar surface area (TPSA) is 145 Å². The summed E-state index contributed by atoms with van der Waals surface area (Å²) in [6, 6.07) is -2.36. The van der Waals surface area contributed by atoms with E-state index in [1.165, 1.54) is 0 Å². The number of hydrogen-bond acceptors (Lipinski definition) is 4. The minimum absolute atomic E-state index is 0.0108. The van der Waals surface area contributed by atoms with Crippen molar-refractivity contribution in [2.24, 2.45) is 0 Å². The highest BCUT2D eigenvalue weighted by Crippen LogP contribution is 1.92. The normalized spacial score (nSPS) is 11.6. The first kappa shape index (κ1) is 17.7. The summed E-state index contributed by atoms with van der Waals surface area (Å²) >= 11 is 0. The molecule has 20 heavy (non-hydrogen) atoms. The van der Waals surface area contributed by atoms with Crippen molar-refractivity contribution in [2.75, 3.05) is 6.54 Å². The number of carboxylic acid groups (broad SMARTS) is 2. The molecule has 3 amide bonds. The van der Waals surface area contributed by atoms with E-state index in [0.29, 0.717) is 0 Å². The van der Waals surface area contributed by atoms with Gasteiger partial charge in [-0.1, -0.05) is 0 Å². The second-order valence-corrected chi connectivity index (χ2v) is 4.36. The standard InChI is InChI=1S/C11H19N3O6/c1-6(2)13-8(15)3-4-12-11(20)14-7(10(18)19)5-9(16)17/h6-7H,3-5H2,1-2H3,(H,13,15)(H,16,17)(H,18,19)(H2,12,14,20)/t7-/m0/s1. The average molecular weight is 289 g/mol. The van der Waals surface area contributed by atoms with Gasteiger partial charge in [-0.25, -0.2) is 9.59 Å². The number of carbonyl (C=O) groups excluding carboxylic acids is 2. The van der Waals surface area contributed by atoms with E-state index < -0.39 is 30.4 Å². The number of rotatable bonds is 8. The molecule has 0 fully saturated rings. The fourth-order valence-corrected chi connectivity index (χ4v) is 1.27. The molecule has 0 aromatic carbocycles. The van der Waals surface area contributed by atoms with Crippen LogP contribution in [0.4, 0.5) is 4.79 Å². The lowest BCUT2D eigenvalue weighted by Crippen LogP contribution is -2.47. The Morgan fingerprint density at radius 1 is 1.05 bits per heavy atom. The van der Waals surface area contributed by atoms with Gasteiger partial charge in [-0.15, -0.1) is 0 Å². The molecule has 1 atom stereocenters. The van der Waals surface area contributed by atoms with Crippen LogP contribution in [0.1, 0.15) is 26.7 Å². The Morgan fingerprint density at radius 3 is 2.10 bits per heavy atom. The van der Waals surface area contributed by atoms with Gasteiger partial charge in [-0.05, 0) is 13.8 Å². The summed E-state index contributed by atoms with van der Waals surface area (Å²) in [7, 11) is 0. The van der Waals surface area contributed by atoms with Crippen LogP contribution in [0.5, 0.6) is 0 Å². The summed E-state index contributed by atoms with van der Waals surface area (Å²) in [6.07, 6.45) is -0.682. The van der Waals surface area contributed by atoms with Crippen molar-refractivity contribution in [3.63, 3.8) is 0 Å². The number of hydrogen-bond donors (Lipinski definition) is 5. The molecule has 114 valence electrons. The maximum atomic E-state index is 11.3. The van der Waals surface area contributed by atoms with Gasteiger partial charge in [0.1, 0.15) is 6.04 Å².